The van der Waals surface area contributed by atoms with Crippen LogP contribution in [0, 0.1) is 0 Å². The van der Waals surface area contributed by atoms with Gasteiger partial charge in [-0.15, -0.1) is 0 Å². The number of likely N-dealkylation sites (tertiary alicyclic amines) is 1. The molecule has 1 aliphatic heterocycles. The lowest BCUT2D eigenvalue weighted by atomic mass is 9.97. The lowest BCUT2D eigenvalue weighted by molar-refractivity contribution is -0.122. The van der Waals surface area contributed by atoms with E-state index in [9.17, 15) is 4.79 Å². The quantitative estimate of drug-likeness (QED) is 0.874. The second-order valence-electron chi connectivity index (χ2n) is 7.10. The number of carbonyl (C=O) groups excluding carboxylic acids is 1. The molecule has 1 aromatic carbocycles. The fourth-order valence-corrected chi connectivity index (χ4v) is 3.37. The Morgan fingerprint density at radius 2 is 2.04 bits per heavy atom. The molecule has 0 spiro atoms. The van der Waals surface area contributed by atoms with Crippen molar-refractivity contribution in [1.29, 1.82) is 0 Å². The second-order valence-corrected chi connectivity index (χ2v) is 7.10. The van der Waals surface area contributed by atoms with E-state index in [1.54, 1.807) is 0 Å². The van der Waals surface area contributed by atoms with Crippen molar-refractivity contribution in [2.75, 3.05) is 19.6 Å². The number of benzene rings is 1. The average Bonchev–Trinajstić information content (AvgIpc) is 3.38. The van der Waals surface area contributed by atoms with Crippen molar-refractivity contribution in [2.45, 2.75) is 44.1 Å². The topological polar surface area (TPSA) is 71.3 Å². The lowest BCUT2D eigenvalue weighted by Gasteiger charge is -2.30. The highest BCUT2D eigenvalue weighted by Crippen LogP contribution is 2.39. The van der Waals surface area contributed by atoms with Crippen LogP contribution in [0.1, 0.15) is 54.8 Å². The van der Waals surface area contributed by atoms with Crippen molar-refractivity contribution in [2.24, 2.45) is 0 Å². The van der Waals surface area contributed by atoms with Gasteiger partial charge in [0.05, 0.1) is 6.54 Å². The van der Waals surface area contributed by atoms with Crippen molar-refractivity contribution in [3.05, 3.63) is 47.6 Å². The smallest absolute Gasteiger partial charge is 0.234 e. The van der Waals surface area contributed by atoms with Crippen LogP contribution in [0.15, 0.2) is 34.9 Å². The average molecular weight is 340 g/mol. The van der Waals surface area contributed by atoms with E-state index in [-0.39, 0.29) is 11.8 Å². The van der Waals surface area contributed by atoms with E-state index < -0.39 is 0 Å². The fourth-order valence-electron chi connectivity index (χ4n) is 3.37. The van der Waals surface area contributed by atoms with Crippen molar-refractivity contribution in [1.82, 2.24) is 20.4 Å². The number of nitrogens with one attached hydrogen (secondary N) is 1. The molecule has 1 atom stereocenters. The van der Waals surface area contributed by atoms with E-state index in [4.69, 9.17) is 4.52 Å². The fraction of sp³-hybridized carbons (Fsp3) is 0.526. The molecular formula is C19H24N4O2. The van der Waals surface area contributed by atoms with E-state index in [1.807, 2.05) is 30.3 Å². The van der Waals surface area contributed by atoms with Crippen LogP contribution in [0.5, 0.6) is 0 Å². The molecule has 2 heterocycles. The molecule has 6 heteroatoms. The number of amides is 1. The Kier molecular flexibility index (Phi) is 4.78. The molecule has 0 bridgehead atoms. The molecule has 25 heavy (non-hydrogen) atoms. The maximum atomic E-state index is 12.2. The third kappa shape index (κ3) is 4.25. The van der Waals surface area contributed by atoms with Gasteiger partial charge in [-0.2, -0.15) is 4.98 Å². The van der Waals surface area contributed by atoms with Gasteiger partial charge in [0, 0.05) is 24.9 Å². The number of hydrogen-bond acceptors (Lipinski definition) is 5. The molecular weight excluding hydrogens is 316 g/mol. The minimum atomic E-state index is 0.0660. The minimum Gasteiger partial charge on any atom is -0.351 e. The van der Waals surface area contributed by atoms with Crippen LogP contribution in [0.25, 0.3) is 0 Å². The zero-order valence-corrected chi connectivity index (χ0v) is 14.4. The normalized spacial score (nSPS) is 21.2. The number of nitrogens with zero attached hydrogens (tertiary/aromatic N) is 3. The summed E-state index contributed by atoms with van der Waals surface area (Å²) in [5.74, 6) is 2.44. The van der Waals surface area contributed by atoms with Gasteiger partial charge in [-0.05, 0) is 37.8 Å². The zero-order valence-electron chi connectivity index (χ0n) is 14.4. The summed E-state index contributed by atoms with van der Waals surface area (Å²) in [4.78, 5) is 19.0. The van der Waals surface area contributed by atoms with Crippen LogP contribution in [-0.4, -0.2) is 40.6 Å². The van der Waals surface area contributed by atoms with E-state index in [0.717, 1.165) is 43.2 Å². The maximum Gasteiger partial charge on any atom is 0.234 e. The monoisotopic (exact) mass is 340 g/mol. The van der Waals surface area contributed by atoms with E-state index >= 15 is 0 Å². The molecule has 1 aromatic heterocycles. The summed E-state index contributed by atoms with van der Waals surface area (Å²) in [6.07, 6.45) is 4.45. The standard InChI is InChI=1S/C19H24N4O2/c24-17(20-11-14-5-2-1-3-6-14)13-23-10-4-7-16(12-23)18-21-19(25-22-18)15-8-9-15/h1-3,5-6,15-16H,4,7-13H2,(H,20,24). The van der Waals surface area contributed by atoms with Gasteiger partial charge in [0.1, 0.15) is 0 Å². The molecule has 2 aromatic rings. The number of piperidine rings is 1. The maximum absolute atomic E-state index is 12.2. The van der Waals surface area contributed by atoms with Gasteiger partial charge >= 0.3 is 0 Å². The van der Waals surface area contributed by atoms with Gasteiger partial charge in [0.25, 0.3) is 0 Å². The molecule has 1 amide bonds. The summed E-state index contributed by atoms with van der Waals surface area (Å²) in [7, 11) is 0. The number of aromatic nitrogens is 2. The van der Waals surface area contributed by atoms with Gasteiger partial charge in [-0.3, -0.25) is 9.69 Å². The first-order valence-electron chi connectivity index (χ1n) is 9.14. The second kappa shape index (κ2) is 7.35. The van der Waals surface area contributed by atoms with Crippen LogP contribution >= 0.6 is 0 Å². The molecule has 1 saturated heterocycles. The van der Waals surface area contributed by atoms with E-state index in [2.05, 4.69) is 20.4 Å². The van der Waals surface area contributed by atoms with E-state index in [0.29, 0.717) is 19.0 Å². The molecule has 1 unspecified atom stereocenters. The first-order chi connectivity index (χ1) is 12.3. The van der Waals surface area contributed by atoms with Crippen molar-refractivity contribution in [3.8, 4) is 0 Å². The van der Waals surface area contributed by atoms with Gasteiger partial charge in [-0.1, -0.05) is 35.5 Å². The number of hydrogen-bond donors (Lipinski definition) is 1. The van der Waals surface area contributed by atoms with Crippen LogP contribution in [0.4, 0.5) is 0 Å². The predicted molar refractivity (Wildman–Crippen MR) is 93.0 cm³/mol. The van der Waals surface area contributed by atoms with Crippen LogP contribution < -0.4 is 5.32 Å². The Labute approximate surface area is 147 Å². The van der Waals surface area contributed by atoms with Gasteiger partial charge in [0.2, 0.25) is 11.8 Å². The summed E-state index contributed by atoms with van der Waals surface area (Å²) >= 11 is 0. The number of carbonyl (C=O) groups is 1. The molecule has 1 N–H and O–H groups in total. The molecule has 2 fully saturated rings. The Balaban J connectivity index is 1.27. The Hall–Kier alpha value is -2.21. The van der Waals surface area contributed by atoms with Gasteiger partial charge < -0.3 is 9.84 Å². The van der Waals surface area contributed by atoms with Crippen LogP contribution in [-0.2, 0) is 11.3 Å². The summed E-state index contributed by atoms with van der Waals surface area (Å²) in [5.41, 5.74) is 1.12. The summed E-state index contributed by atoms with van der Waals surface area (Å²) in [6.45, 7) is 2.77. The van der Waals surface area contributed by atoms with Gasteiger partial charge in [-0.25, -0.2) is 0 Å². The van der Waals surface area contributed by atoms with Crippen LogP contribution in [0.2, 0.25) is 0 Å². The molecule has 0 radical (unpaired) electrons. The highest BCUT2D eigenvalue weighted by molar-refractivity contribution is 5.78. The highest BCUT2D eigenvalue weighted by Gasteiger charge is 2.32. The molecule has 6 nitrogen and oxygen atoms in total. The summed E-state index contributed by atoms with van der Waals surface area (Å²) < 4.78 is 5.39. The van der Waals surface area contributed by atoms with Crippen LogP contribution in [0.3, 0.4) is 0 Å². The zero-order chi connectivity index (χ0) is 17.1. The van der Waals surface area contributed by atoms with Crippen molar-refractivity contribution >= 4 is 5.91 Å². The first-order valence-corrected chi connectivity index (χ1v) is 9.14. The SMILES string of the molecule is O=C(CN1CCCC(c2noc(C3CC3)n2)C1)NCc1ccccc1. The Bertz CT molecular complexity index is 711. The predicted octanol–water partition coefficient (Wildman–Crippen LogP) is 2.44. The minimum absolute atomic E-state index is 0.0660. The highest BCUT2D eigenvalue weighted by atomic mass is 16.5. The molecule has 132 valence electrons. The Morgan fingerprint density at radius 3 is 2.84 bits per heavy atom. The Morgan fingerprint density at radius 1 is 1.20 bits per heavy atom. The third-order valence-electron chi connectivity index (χ3n) is 4.95. The van der Waals surface area contributed by atoms with Crippen molar-refractivity contribution < 1.29 is 9.32 Å². The third-order valence-corrected chi connectivity index (χ3v) is 4.95. The molecule has 4 rings (SSSR count). The molecule has 2 aliphatic rings. The largest absolute Gasteiger partial charge is 0.351 e. The number of rotatable bonds is 6. The first kappa shape index (κ1) is 16.3. The van der Waals surface area contributed by atoms with E-state index in [1.165, 1.54) is 12.8 Å². The summed E-state index contributed by atoms with van der Waals surface area (Å²) in [6, 6.07) is 9.98. The molecule has 1 saturated carbocycles. The molecule has 1 aliphatic carbocycles. The summed E-state index contributed by atoms with van der Waals surface area (Å²) in [5, 5.41) is 7.18. The lowest BCUT2D eigenvalue weighted by Crippen LogP contribution is -2.42. The van der Waals surface area contributed by atoms with Gasteiger partial charge in [0.15, 0.2) is 5.82 Å². The van der Waals surface area contributed by atoms with Crippen molar-refractivity contribution in [3.63, 3.8) is 0 Å².